The largest absolute Gasteiger partial charge is 0.490 e. The summed E-state index contributed by atoms with van der Waals surface area (Å²) < 4.78 is 38.5. The van der Waals surface area contributed by atoms with Crippen molar-refractivity contribution in [3.05, 3.63) is 53.6 Å². The SMILES string of the molecule is CCOc1cc(C#N)ccc1OC(=O)c1cccc(S(=O)(=O)N2CCCCC2C)c1. The Morgan fingerprint density at radius 1 is 1.20 bits per heavy atom. The minimum atomic E-state index is -3.70. The second kappa shape index (κ2) is 9.28. The molecule has 1 fully saturated rings. The van der Waals surface area contributed by atoms with Crippen LogP contribution >= 0.6 is 0 Å². The van der Waals surface area contributed by atoms with E-state index >= 15 is 0 Å². The number of rotatable bonds is 6. The second-order valence-corrected chi connectivity index (χ2v) is 8.97. The Labute approximate surface area is 176 Å². The number of hydrogen-bond acceptors (Lipinski definition) is 6. The molecule has 1 aliphatic rings. The Balaban J connectivity index is 1.86. The van der Waals surface area contributed by atoms with Crippen LogP contribution in [0.4, 0.5) is 0 Å². The molecular formula is C22H24N2O5S. The maximum Gasteiger partial charge on any atom is 0.343 e. The lowest BCUT2D eigenvalue weighted by Crippen LogP contribution is -2.41. The monoisotopic (exact) mass is 428 g/mol. The first-order chi connectivity index (χ1) is 14.4. The molecule has 7 nitrogen and oxygen atoms in total. The van der Waals surface area contributed by atoms with Crippen molar-refractivity contribution in [2.45, 2.75) is 44.0 Å². The second-order valence-electron chi connectivity index (χ2n) is 7.08. The number of piperidine rings is 1. The van der Waals surface area contributed by atoms with Crippen LogP contribution in [0.1, 0.15) is 49.0 Å². The average molecular weight is 429 g/mol. The van der Waals surface area contributed by atoms with Gasteiger partial charge in [-0.25, -0.2) is 13.2 Å². The van der Waals surface area contributed by atoms with Gasteiger partial charge in [-0.05, 0) is 57.0 Å². The highest BCUT2D eigenvalue weighted by molar-refractivity contribution is 7.89. The van der Waals surface area contributed by atoms with Gasteiger partial charge < -0.3 is 9.47 Å². The zero-order valence-corrected chi connectivity index (χ0v) is 17.8. The van der Waals surface area contributed by atoms with Crippen molar-refractivity contribution in [3.63, 3.8) is 0 Å². The number of nitrogens with zero attached hydrogens (tertiary/aromatic N) is 2. The number of esters is 1. The van der Waals surface area contributed by atoms with Crippen molar-refractivity contribution >= 4 is 16.0 Å². The summed E-state index contributed by atoms with van der Waals surface area (Å²) in [5.74, 6) is -0.265. The van der Waals surface area contributed by atoms with Crippen LogP contribution in [-0.2, 0) is 10.0 Å². The van der Waals surface area contributed by atoms with E-state index in [1.165, 1.54) is 46.8 Å². The van der Waals surface area contributed by atoms with Crippen LogP contribution < -0.4 is 9.47 Å². The number of hydrogen-bond donors (Lipinski definition) is 0. The predicted molar refractivity (Wildman–Crippen MR) is 111 cm³/mol. The zero-order valence-electron chi connectivity index (χ0n) is 17.0. The van der Waals surface area contributed by atoms with E-state index < -0.39 is 16.0 Å². The Hall–Kier alpha value is -2.89. The average Bonchev–Trinajstić information content (AvgIpc) is 2.75. The first-order valence-corrected chi connectivity index (χ1v) is 11.3. The lowest BCUT2D eigenvalue weighted by Gasteiger charge is -2.32. The van der Waals surface area contributed by atoms with Gasteiger partial charge in [-0.15, -0.1) is 0 Å². The molecule has 0 bridgehead atoms. The molecule has 2 aromatic rings. The van der Waals surface area contributed by atoms with Crippen molar-refractivity contribution < 1.29 is 22.7 Å². The Morgan fingerprint density at radius 2 is 2.00 bits per heavy atom. The molecule has 1 aliphatic heterocycles. The lowest BCUT2D eigenvalue weighted by atomic mass is 10.1. The molecule has 1 atom stereocenters. The molecule has 2 aromatic carbocycles. The van der Waals surface area contributed by atoms with Gasteiger partial charge in [0.25, 0.3) is 0 Å². The zero-order chi connectivity index (χ0) is 21.7. The fourth-order valence-corrected chi connectivity index (χ4v) is 5.18. The third-order valence-corrected chi connectivity index (χ3v) is 7.00. The van der Waals surface area contributed by atoms with Gasteiger partial charge >= 0.3 is 5.97 Å². The standard InChI is InChI=1S/C22H24N2O5S/c1-3-28-21-13-17(15-23)10-11-20(21)29-22(25)18-8-6-9-19(14-18)30(26,27)24-12-5-4-7-16(24)2/h6,8-11,13-14,16H,3-5,7,12H2,1-2H3. The Kier molecular flexibility index (Phi) is 6.75. The summed E-state index contributed by atoms with van der Waals surface area (Å²) in [5, 5.41) is 9.04. The van der Waals surface area contributed by atoms with Gasteiger partial charge in [-0.2, -0.15) is 9.57 Å². The minimum Gasteiger partial charge on any atom is -0.490 e. The lowest BCUT2D eigenvalue weighted by molar-refractivity contribution is 0.0728. The fraction of sp³-hybridized carbons (Fsp3) is 0.364. The first kappa shape index (κ1) is 21.8. The van der Waals surface area contributed by atoms with Crippen molar-refractivity contribution in [1.29, 1.82) is 5.26 Å². The van der Waals surface area contributed by atoms with E-state index in [1.807, 2.05) is 13.0 Å². The highest BCUT2D eigenvalue weighted by Gasteiger charge is 2.31. The van der Waals surface area contributed by atoms with Crippen LogP contribution in [0.25, 0.3) is 0 Å². The molecule has 8 heteroatoms. The van der Waals surface area contributed by atoms with E-state index in [0.29, 0.717) is 18.7 Å². The number of sulfonamides is 1. The smallest absolute Gasteiger partial charge is 0.343 e. The van der Waals surface area contributed by atoms with Crippen LogP contribution in [0.5, 0.6) is 11.5 Å². The van der Waals surface area contributed by atoms with E-state index in [1.54, 1.807) is 6.92 Å². The third kappa shape index (κ3) is 4.64. The van der Waals surface area contributed by atoms with Crippen LogP contribution in [0.15, 0.2) is 47.4 Å². The number of nitriles is 1. The van der Waals surface area contributed by atoms with Crippen LogP contribution in [0, 0.1) is 11.3 Å². The van der Waals surface area contributed by atoms with Crippen LogP contribution in [0.3, 0.4) is 0 Å². The van der Waals surface area contributed by atoms with Crippen molar-refractivity contribution in [3.8, 4) is 17.6 Å². The summed E-state index contributed by atoms with van der Waals surface area (Å²) in [6.07, 6.45) is 2.65. The van der Waals surface area contributed by atoms with Gasteiger partial charge in [0.1, 0.15) is 0 Å². The maximum atomic E-state index is 13.1. The molecule has 158 valence electrons. The van der Waals surface area contributed by atoms with E-state index in [2.05, 4.69) is 0 Å². The first-order valence-electron chi connectivity index (χ1n) is 9.88. The number of ether oxygens (including phenoxy) is 2. The normalized spacial score (nSPS) is 17.2. The summed E-state index contributed by atoms with van der Waals surface area (Å²) in [5.41, 5.74) is 0.495. The number of benzene rings is 2. The molecule has 0 amide bonds. The maximum absolute atomic E-state index is 13.1. The molecule has 30 heavy (non-hydrogen) atoms. The summed E-state index contributed by atoms with van der Waals surface area (Å²) in [7, 11) is -3.70. The van der Waals surface area contributed by atoms with Crippen molar-refractivity contribution in [2.75, 3.05) is 13.2 Å². The molecule has 0 aliphatic carbocycles. The highest BCUT2D eigenvalue weighted by atomic mass is 32.2. The van der Waals surface area contributed by atoms with Gasteiger partial charge in [0.05, 0.1) is 28.7 Å². The van der Waals surface area contributed by atoms with Gasteiger partial charge in [-0.3, -0.25) is 0 Å². The molecule has 1 unspecified atom stereocenters. The highest BCUT2D eigenvalue weighted by Crippen LogP contribution is 2.30. The van der Waals surface area contributed by atoms with E-state index in [-0.39, 0.29) is 28.0 Å². The van der Waals surface area contributed by atoms with Gasteiger partial charge in [0.2, 0.25) is 10.0 Å². The number of carbonyl (C=O) groups is 1. The van der Waals surface area contributed by atoms with Crippen molar-refractivity contribution in [2.24, 2.45) is 0 Å². The van der Waals surface area contributed by atoms with E-state index in [4.69, 9.17) is 14.7 Å². The molecule has 0 spiro atoms. The molecule has 1 heterocycles. The van der Waals surface area contributed by atoms with E-state index in [9.17, 15) is 13.2 Å². The summed E-state index contributed by atoms with van der Waals surface area (Å²) in [4.78, 5) is 12.8. The third-order valence-electron chi connectivity index (χ3n) is 4.99. The Morgan fingerprint density at radius 3 is 2.70 bits per heavy atom. The van der Waals surface area contributed by atoms with Gasteiger partial charge in [0.15, 0.2) is 11.5 Å². The Bertz CT molecular complexity index is 1080. The molecular weight excluding hydrogens is 404 g/mol. The van der Waals surface area contributed by atoms with Gasteiger partial charge in [-0.1, -0.05) is 12.5 Å². The number of carbonyl (C=O) groups excluding carboxylic acids is 1. The molecule has 0 aromatic heterocycles. The predicted octanol–water partition coefficient (Wildman–Crippen LogP) is 3.74. The van der Waals surface area contributed by atoms with Crippen LogP contribution in [0.2, 0.25) is 0 Å². The molecule has 0 radical (unpaired) electrons. The molecule has 1 saturated heterocycles. The van der Waals surface area contributed by atoms with Gasteiger partial charge in [0, 0.05) is 18.7 Å². The van der Waals surface area contributed by atoms with Crippen LogP contribution in [-0.4, -0.2) is 37.9 Å². The molecule has 0 saturated carbocycles. The minimum absolute atomic E-state index is 0.0653. The summed E-state index contributed by atoms with van der Waals surface area (Å²) in [6, 6.07) is 12.3. The summed E-state index contributed by atoms with van der Waals surface area (Å²) in [6.45, 7) is 4.48. The summed E-state index contributed by atoms with van der Waals surface area (Å²) >= 11 is 0. The van der Waals surface area contributed by atoms with E-state index in [0.717, 1.165) is 19.3 Å². The molecule has 0 N–H and O–H groups in total. The fourth-order valence-electron chi connectivity index (χ4n) is 3.44. The quantitative estimate of drug-likeness (QED) is 0.514. The van der Waals surface area contributed by atoms with Crippen molar-refractivity contribution in [1.82, 2.24) is 4.31 Å². The molecule has 3 rings (SSSR count). The topological polar surface area (TPSA) is 96.7 Å².